The summed E-state index contributed by atoms with van der Waals surface area (Å²) in [6.07, 6.45) is 0.746. The first-order valence-electron chi connectivity index (χ1n) is 5.78. The summed E-state index contributed by atoms with van der Waals surface area (Å²) in [5.74, 6) is -1.05. The lowest BCUT2D eigenvalue weighted by Crippen LogP contribution is -2.33. The van der Waals surface area contributed by atoms with Crippen molar-refractivity contribution in [3.8, 4) is 0 Å². The summed E-state index contributed by atoms with van der Waals surface area (Å²) in [6.45, 7) is 1.10. The zero-order valence-corrected chi connectivity index (χ0v) is 10.1. The van der Waals surface area contributed by atoms with Gasteiger partial charge in [-0.1, -0.05) is 0 Å². The minimum Gasteiger partial charge on any atom is -0.478 e. The van der Waals surface area contributed by atoms with E-state index in [2.05, 4.69) is 0 Å². The number of hydrogen-bond donors (Lipinski definition) is 1. The van der Waals surface area contributed by atoms with Gasteiger partial charge in [0.1, 0.15) is 0 Å². The molecule has 1 aliphatic rings. The van der Waals surface area contributed by atoms with Crippen LogP contribution in [0.1, 0.15) is 16.8 Å². The number of carboxylic acid groups (broad SMARTS) is 1. The van der Waals surface area contributed by atoms with Crippen LogP contribution in [0.3, 0.4) is 0 Å². The van der Waals surface area contributed by atoms with Gasteiger partial charge in [-0.15, -0.1) is 0 Å². The van der Waals surface area contributed by atoms with Crippen molar-refractivity contribution in [1.82, 2.24) is 0 Å². The number of anilines is 1. The fourth-order valence-corrected chi connectivity index (χ4v) is 1.96. The largest absolute Gasteiger partial charge is 0.478 e. The fourth-order valence-electron chi connectivity index (χ4n) is 1.96. The van der Waals surface area contributed by atoms with E-state index in [-0.39, 0.29) is 17.4 Å². The monoisotopic (exact) mass is 249 g/mol. The van der Waals surface area contributed by atoms with Crippen LogP contribution in [0, 0.1) is 5.92 Å². The predicted molar refractivity (Wildman–Crippen MR) is 65.7 cm³/mol. The van der Waals surface area contributed by atoms with Crippen LogP contribution in [-0.4, -0.2) is 37.2 Å². The molecule has 0 spiro atoms. The van der Waals surface area contributed by atoms with Gasteiger partial charge in [0.15, 0.2) is 0 Å². The number of hydrogen-bond acceptors (Lipinski definition) is 3. The molecule has 1 saturated heterocycles. The molecule has 1 amide bonds. The number of ether oxygens (including phenoxy) is 1. The first-order chi connectivity index (χ1) is 8.59. The minimum atomic E-state index is -0.972. The summed E-state index contributed by atoms with van der Waals surface area (Å²) < 4.78 is 5.19. The first-order valence-corrected chi connectivity index (χ1v) is 5.78. The van der Waals surface area contributed by atoms with Gasteiger partial charge in [-0.2, -0.15) is 0 Å². The molecule has 0 saturated carbocycles. The molecule has 0 aromatic heterocycles. The molecule has 1 aromatic rings. The van der Waals surface area contributed by atoms with E-state index >= 15 is 0 Å². The van der Waals surface area contributed by atoms with Crippen LogP contribution in [0.4, 0.5) is 5.69 Å². The smallest absolute Gasteiger partial charge is 0.335 e. The van der Waals surface area contributed by atoms with Crippen LogP contribution in [0.5, 0.6) is 0 Å². The Morgan fingerprint density at radius 3 is 2.50 bits per heavy atom. The van der Waals surface area contributed by atoms with Gasteiger partial charge in [-0.25, -0.2) is 4.79 Å². The average molecular weight is 249 g/mol. The molecule has 0 bridgehead atoms. The zero-order chi connectivity index (χ0) is 13.1. The Hall–Kier alpha value is -1.88. The van der Waals surface area contributed by atoms with Crippen LogP contribution >= 0.6 is 0 Å². The third kappa shape index (κ3) is 2.51. The van der Waals surface area contributed by atoms with E-state index in [1.165, 1.54) is 12.1 Å². The SMILES string of the molecule is CN(C(=O)C1CCOC1)c1ccc(C(=O)O)cc1. The third-order valence-corrected chi connectivity index (χ3v) is 3.11. The third-order valence-electron chi connectivity index (χ3n) is 3.11. The predicted octanol–water partition coefficient (Wildman–Crippen LogP) is 1.38. The quantitative estimate of drug-likeness (QED) is 0.879. The zero-order valence-electron chi connectivity index (χ0n) is 10.1. The minimum absolute atomic E-state index is 0.00979. The molecule has 0 aliphatic carbocycles. The Morgan fingerprint density at radius 1 is 1.33 bits per heavy atom. The molecule has 1 unspecified atom stereocenters. The summed E-state index contributed by atoms with van der Waals surface area (Å²) in [5.41, 5.74) is 0.903. The van der Waals surface area contributed by atoms with E-state index in [1.54, 1.807) is 24.1 Å². The van der Waals surface area contributed by atoms with Crippen LogP contribution < -0.4 is 4.90 Å². The number of nitrogens with zero attached hydrogens (tertiary/aromatic N) is 1. The second-order valence-electron chi connectivity index (χ2n) is 4.31. The fraction of sp³-hybridized carbons (Fsp3) is 0.385. The van der Waals surface area contributed by atoms with Crippen molar-refractivity contribution < 1.29 is 19.4 Å². The van der Waals surface area contributed by atoms with Crippen molar-refractivity contribution >= 4 is 17.6 Å². The molecule has 5 heteroatoms. The number of carbonyl (C=O) groups is 2. The Balaban J connectivity index is 2.10. The molecule has 96 valence electrons. The highest BCUT2D eigenvalue weighted by molar-refractivity contribution is 5.95. The van der Waals surface area contributed by atoms with Crippen LogP contribution in [0.25, 0.3) is 0 Å². The van der Waals surface area contributed by atoms with Crippen molar-refractivity contribution in [1.29, 1.82) is 0 Å². The van der Waals surface area contributed by atoms with Crippen LogP contribution in [-0.2, 0) is 9.53 Å². The highest BCUT2D eigenvalue weighted by Crippen LogP contribution is 2.20. The molecule has 18 heavy (non-hydrogen) atoms. The van der Waals surface area contributed by atoms with Gasteiger partial charge in [0.2, 0.25) is 5.91 Å². The maximum atomic E-state index is 12.1. The Labute approximate surface area is 105 Å². The highest BCUT2D eigenvalue weighted by Gasteiger charge is 2.26. The van der Waals surface area contributed by atoms with E-state index in [0.29, 0.717) is 18.9 Å². The summed E-state index contributed by atoms with van der Waals surface area (Å²) in [6, 6.07) is 6.26. The maximum Gasteiger partial charge on any atom is 0.335 e. The lowest BCUT2D eigenvalue weighted by Gasteiger charge is -2.20. The summed E-state index contributed by atoms with van der Waals surface area (Å²) in [7, 11) is 1.69. The number of amides is 1. The molecule has 1 heterocycles. The second kappa shape index (κ2) is 5.18. The van der Waals surface area contributed by atoms with Gasteiger partial charge in [0.05, 0.1) is 18.1 Å². The van der Waals surface area contributed by atoms with Crippen LogP contribution in [0.2, 0.25) is 0 Å². The van der Waals surface area contributed by atoms with E-state index in [1.807, 2.05) is 0 Å². The molecule has 1 fully saturated rings. The highest BCUT2D eigenvalue weighted by atomic mass is 16.5. The molecule has 1 aromatic carbocycles. The van der Waals surface area contributed by atoms with Gasteiger partial charge in [-0.3, -0.25) is 4.79 Å². The number of benzene rings is 1. The van der Waals surface area contributed by atoms with E-state index < -0.39 is 5.97 Å². The Bertz CT molecular complexity index is 449. The van der Waals surface area contributed by atoms with Gasteiger partial charge >= 0.3 is 5.97 Å². The van der Waals surface area contributed by atoms with Crippen molar-refractivity contribution in [2.45, 2.75) is 6.42 Å². The molecule has 1 N–H and O–H groups in total. The van der Waals surface area contributed by atoms with E-state index in [0.717, 1.165) is 6.42 Å². The van der Waals surface area contributed by atoms with E-state index in [4.69, 9.17) is 9.84 Å². The average Bonchev–Trinajstić information content (AvgIpc) is 2.91. The number of carbonyl (C=O) groups excluding carboxylic acids is 1. The Kier molecular flexibility index (Phi) is 3.62. The van der Waals surface area contributed by atoms with Gasteiger partial charge in [-0.05, 0) is 30.7 Å². The summed E-state index contributed by atoms with van der Waals surface area (Å²) >= 11 is 0. The summed E-state index contributed by atoms with van der Waals surface area (Å²) in [5, 5.41) is 8.80. The second-order valence-corrected chi connectivity index (χ2v) is 4.31. The molecule has 0 radical (unpaired) electrons. The number of carboxylic acids is 1. The topological polar surface area (TPSA) is 66.8 Å². The van der Waals surface area contributed by atoms with Gasteiger partial charge < -0.3 is 14.7 Å². The summed E-state index contributed by atoms with van der Waals surface area (Å²) in [4.78, 5) is 24.4. The standard InChI is InChI=1S/C13H15NO4/c1-14(12(15)10-6-7-18-8-10)11-4-2-9(3-5-11)13(16)17/h2-5,10H,6-8H2,1H3,(H,16,17). The first kappa shape index (κ1) is 12.6. The molecular weight excluding hydrogens is 234 g/mol. The maximum absolute atomic E-state index is 12.1. The normalized spacial score (nSPS) is 18.6. The van der Waals surface area contributed by atoms with Crippen LogP contribution in [0.15, 0.2) is 24.3 Å². The molecule has 1 atom stereocenters. The molecule has 5 nitrogen and oxygen atoms in total. The Morgan fingerprint density at radius 2 is 2.00 bits per heavy atom. The number of rotatable bonds is 3. The van der Waals surface area contributed by atoms with E-state index in [9.17, 15) is 9.59 Å². The van der Waals surface area contributed by atoms with Crippen molar-refractivity contribution in [3.63, 3.8) is 0 Å². The van der Waals surface area contributed by atoms with Gasteiger partial charge in [0, 0.05) is 19.3 Å². The van der Waals surface area contributed by atoms with Gasteiger partial charge in [0.25, 0.3) is 0 Å². The van der Waals surface area contributed by atoms with Crippen molar-refractivity contribution in [3.05, 3.63) is 29.8 Å². The molecular formula is C13H15NO4. The molecule has 2 rings (SSSR count). The van der Waals surface area contributed by atoms with Crippen molar-refractivity contribution in [2.24, 2.45) is 5.92 Å². The lowest BCUT2D eigenvalue weighted by molar-refractivity contribution is -0.122. The van der Waals surface area contributed by atoms with Crippen molar-refractivity contribution in [2.75, 3.05) is 25.2 Å². The molecule has 1 aliphatic heterocycles. The lowest BCUT2D eigenvalue weighted by atomic mass is 10.1. The number of aromatic carboxylic acids is 1.